The van der Waals surface area contributed by atoms with Gasteiger partial charge in [-0.05, 0) is 38.1 Å². The fraction of sp³-hybridized carbons (Fsp3) is 0.636. The zero-order valence-corrected chi connectivity index (χ0v) is 8.35. The standard InChI is InChI=1S/C11H17NO2/c13-10(11-5-4-8-14-11)9-12-6-2-1-3-7-12/h4-5,8,10,13H,1-3,6-7,9H2. The van der Waals surface area contributed by atoms with Crippen LogP contribution in [0.4, 0.5) is 0 Å². The highest BCUT2D eigenvalue weighted by Crippen LogP contribution is 2.17. The molecule has 1 N–H and O–H groups in total. The molecule has 1 saturated heterocycles. The monoisotopic (exact) mass is 195 g/mol. The summed E-state index contributed by atoms with van der Waals surface area (Å²) in [6.07, 6.45) is 4.97. The Morgan fingerprint density at radius 1 is 1.36 bits per heavy atom. The molecular weight excluding hydrogens is 178 g/mol. The van der Waals surface area contributed by atoms with Crippen molar-refractivity contribution in [3.8, 4) is 0 Å². The van der Waals surface area contributed by atoms with Gasteiger partial charge in [-0.25, -0.2) is 0 Å². The van der Waals surface area contributed by atoms with Crippen LogP contribution in [-0.4, -0.2) is 29.6 Å². The summed E-state index contributed by atoms with van der Waals surface area (Å²) in [6.45, 7) is 2.92. The molecule has 0 aliphatic carbocycles. The Morgan fingerprint density at radius 3 is 2.79 bits per heavy atom. The molecule has 1 unspecified atom stereocenters. The van der Waals surface area contributed by atoms with E-state index in [0.29, 0.717) is 12.3 Å². The van der Waals surface area contributed by atoms with Crippen LogP contribution in [-0.2, 0) is 0 Å². The fourth-order valence-corrected chi connectivity index (χ4v) is 1.96. The van der Waals surface area contributed by atoms with Gasteiger partial charge in [-0.1, -0.05) is 6.42 Å². The molecule has 78 valence electrons. The third kappa shape index (κ3) is 2.36. The zero-order valence-electron chi connectivity index (χ0n) is 8.35. The summed E-state index contributed by atoms with van der Waals surface area (Å²) in [4.78, 5) is 2.30. The van der Waals surface area contributed by atoms with Gasteiger partial charge in [0.2, 0.25) is 0 Å². The van der Waals surface area contributed by atoms with E-state index in [4.69, 9.17) is 4.42 Å². The first-order valence-corrected chi connectivity index (χ1v) is 5.30. The summed E-state index contributed by atoms with van der Waals surface area (Å²) in [5.74, 6) is 0.676. The van der Waals surface area contributed by atoms with E-state index in [0.717, 1.165) is 13.1 Å². The number of aliphatic hydroxyl groups is 1. The van der Waals surface area contributed by atoms with Crippen LogP contribution in [0.5, 0.6) is 0 Å². The molecule has 3 nitrogen and oxygen atoms in total. The van der Waals surface area contributed by atoms with Gasteiger partial charge < -0.3 is 14.4 Å². The van der Waals surface area contributed by atoms with Crippen LogP contribution in [0.1, 0.15) is 31.1 Å². The molecule has 1 aromatic rings. The van der Waals surface area contributed by atoms with Crippen molar-refractivity contribution in [2.45, 2.75) is 25.4 Å². The van der Waals surface area contributed by atoms with Crippen molar-refractivity contribution in [3.63, 3.8) is 0 Å². The lowest BCUT2D eigenvalue weighted by Gasteiger charge is -2.27. The number of rotatable bonds is 3. The van der Waals surface area contributed by atoms with E-state index in [1.807, 2.05) is 12.1 Å². The van der Waals surface area contributed by atoms with E-state index in [1.54, 1.807) is 6.26 Å². The molecule has 0 spiro atoms. The van der Waals surface area contributed by atoms with Crippen LogP contribution in [0.3, 0.4) is 0 Å². The highest BCUT2D eigenvalue weighted by Gasteiger charge is 2.17. The average molecular weight is 195 g/mol. The second-order valence-corrected chi connectivity index (χ2v) is 3.89. The maximum atomic E-state index is 9.83. The number of aliphatic hydroxyl groups excluding tert-OH is 1. The van der Waals surface area contributed by atoms with E-state index < -0.39 is 6.10 Å². The molecule has 14 heavy (non-hydrogen) atoms. The second-order valence-electron chi connectivity index (χ2n) is 3.89. The Morgan fingerprint density at radius 2 is 2.14 bits per heavy atom. The van der Waals surface area contributed by atoms with Gasteiger partial charge in [0.1, 0.15) is 11.9 Å². The largest absolute Gasteiger partial charge is 0.467 e. The quantitative estimate of drug-likeness (QED) is 0.799. The van der Waals surface area contributed by atoms with E-state index in [1.165, 1.54) is 19.3 Å². The molecule has 0 bridgehead atoms. The molecule has 2 rings (SSSR count). The minimum atomic E-state index is -0.469. The van der Waals surface area contributed by atoms with Crippen LogP contribution in [0, 0.1) is 0 Å². The van der Waals surface area contributed by atoms with E-state index >= 15 is 0 Å². The number of furan rings is 1. The van der Waals surface area contributed by atoms with Gasteiger partial charge in [-0.2, -0.15) is 0 Å². The summed E-state index contributed by atoms with van der Waals surface area (Å²) < 4.78 is 5.16. The lowest BCUT2D eigenvalue weighted by molar-refractivity contribution is 0.0850. The molecule has 2 heterocycles. The molecular formula is C11H17NO2. The van der Waals surface area contributed by atoms with Crippen LogP contribution in [0.2, 0.25) is 0 Å². The normalized spacial score (nSPS) is 20.9. The molecule has 1 aliphatic rings. The third-order valence-corrected chi connectivity index (χ3v) is 2.75. The van der Waals surface area contributed by atoms with E-state index in [2.05, 4.69) is 4.90 Å². The third-order valence-electron chi connectivity index (χ3n) is 2.75. The molecule has 0 amide bonds. The summed E-state index contributed by atoms with van der Waals surface area (Å²) in [7, 11) is 0. The highest BCUT2D eigenvalue weighted by atomic mass is 16.4. The Labute approximate surface area is 84.3 Å². The van der Waals surface area contributed by atoms with Crippen LogP contribution >= 0.6 is 0 Å². The van der Waals surface area contributed by atoms with Gasteiger partial charge in [0.15, 0.2) is 0 Å². The Balaban J connectivity index is 1.84. The number of nitrogens with zero attached hydrogens (tertiary/aromatic N) is 1. The lowest BCUT2D eigenvalue weighted by Crippen LogP contribution is -2.33. The topological polar surface area (TPSA) is 36.6 Å². The van der Waals surface area contributed by atoms with Gasteiger partial charge in [-0.3, -0.25) is 0 Å². The number of hydrogen-bond acceptors (Lipinski definition) is 3. The molecule has 1 fully saturated rings. The van der Waals surface area contributed by atoms with Crippen LogP contribution in [0.25, 0.3) is 0 Å². The van der Waals surface area contributed by atoms with Crippen molar-refractivity contribution in [2.24, 2.45) is 0 Å². The first kappa shape index (κ1) is 9.74. The summed E-state index contributed by atoms with van der Waals surface area (Å²) in [6, 6.07) is 3.64. The maximum absolute atomic E-state index is 9.83. The predicted molar refractivity (Wildman–Crippen MR) is 54.0 cm³/mol. The summed E-state index contributed by atoms with van der Waals surface area (Å²) >= 11 is 0. The minimum Gasteiger partial charge on any atom is -0.467 e. The van der Waals surface area contributed by atoms with Gasteiger partial charge in [-0.15, -0.1) is 0 Å². The van der Waals surface area contributed by atoms with Gasteiger partial charge >= 0.3 is 0 Å². The number of likely N-dealkylation sites (tertiary alicyclic amines) is 1. The first-order chi connectivity index (χ1) is 6.86. The van der Waals surface area contributed by atoms with Crippen molar-refractivity contribution in [2.75, 3.05) is 19.6 Å². The van der Waals surface area contributed by atoms with Crippen molar-refractivity contribution in [1.82, 2.24) is 4.90 Å². The first-order valence-electron chi connectivity index (χ1n) is 5.30. The number of piperidine rings is 1. The van der Waals surface area contributed by atoms with Gasteiger partial charge in [0.05, 0.1) is 6.26 Å². The summed E-state index contributed by atoms with van der Waals surface area (Å²) in [5.41, 5.74) is 0. The predicted octanol–water partition coefficient (Wildman–Crippen LogP) is 1.80. The fourth-order valence-electron chi connectivity index (χ4n) is 1.96. The Kier molecular flexibility index (Phi) is 3.22. The van der Waals surface area contributed by atoms with Crippen molar-refractivity contribution >= 4 is 0 Å². The van der Waals surface area contributed by atoms with Crippen molar-refractivity contribution in [3.05, 3.63) is 24.2 Å². The van der Waals surface area contributed by atoms with Crippen molar-refractivity contribution in [1.29, 1.82) is 0 Å². The molecule has 3 heteroatoms. The SMILES string of the molecule is OC(CN1CCCCC1)c1ccco1. The number of β-amino-alcohol motifs (C(OH)–C–C–N with tert-alkyl or cyclic N) is 1. The van der Waals surface area contributed by atoms with E-state index in [9.17, 15) is 5.11 Å². The molecule has 0 radical (unpaired) electrons. The smallest absolute Gasteiger partial charge is 0.133 e. The second kappa shape index (κ2) is 4.62. The molecule has 1 aromatic heterocycles. The van der Waals surface area contributed by atoms with Crippen molar-refractivity contribution < 1.29 is 9.52 Å². The molecule has 0 aromatic carbocycles. The van der Waals surface area contributed by atoms with E-state index in [-0.39, 0.29) is 0 Å². The summed E-state index contributed by atoms with van der Waals surface area (Å²) in [5, 5.41) is 9.83. The van der Waals surface area contributed by atoms with Crippen LogP contribution in [0.15, 0.2) is 22.8 Å². The highest BCUT2D eigenvalue weighted by molar-refractivity contribution is 5.02. The zero-order chi connectivity index (χ0) is 9.80. The Bertz CT molecular complexity index is 252. The van der Waals surface area contributed by atoms with Gasteiger partial charge in [0, 0.05) is 6.54 Å². The molecule has 1 aliphatic heterocycles. The van der Waals surface area contributed by atoms with Crippen LogP contribution < -0.4 is 0 Å². The average Bonchev–Trinajstić information content (AvgIpc) is 2.72. The maximum Gasteiger partial charge on any atom is 0.133 e. The minimum absolute atomic E-state index is 0.469. The lowest BCUT2D eigenvalue weighted by atomic mass is 10.1. The number of hydrogen-bond donors (Lipinski definition) is 1. The molecule has 0 saturated carbocycles. The van der Waals surface area contributed by atoms with Gasteiger partial charge in [0.25, 0.3) is 0 Å². The Hall–Kier alpha value is -0.800. The molecule has 1 atom stereocenters.